The van der Waals surface area contributed by atoms with Gasteiger partial charge in [-0.2, -0.15) is 0 Å². The number of rotatable bonds is 9. The van der Waals surface area contributed by atoms with Crippen LogP contribution in [0.15, 0.2) is 0 Å². The van der Waals surface area contributed by atoms with Crippen LogP contribution in [-0.4, -0.2) is 30.2 Å². The molecule has 0 rings (SSSR count). The van der Waals surface area contributed by atoms with Crippen molar-refractivity contribution >= 4 is 23.6 Å². The molecule has 0 spiro atoms. The summed E-state index contributed by atoms with van der Waals surface area (Å²) in [5.41, 5.74) is 14.3. The normalized spacial score (nSPS) is 7.65. The first-order valence-electron chi connectivity index (χ1n) is 9.41. The molecule has 26 heavy (non-hydrogen) atoms. The van der Waals surface area contributed by atoms with Crippen molar-refractivity contribution < 1.29 is 19.2 Å². The number of nitrogens with two attached hydrogens (primary N) is 3. The van der Waals surface area contributed by atoms with Gasteiger partial charge in [0.1, 0.15) is 0 Å². The van der Waals surface area contributed by atoms with Crippen LogP contribution < -0.4 is 22.5 Å². The van der Waals surface area contributed by atoms with E-state index in [0.717, 1.165) is 12.8 Å². The third-order valence-corrected chi connectivity index (χ3v) is 2.07. The quantitative estimate of drug-likeness (QED) is 0.452. The van der Waals surface area contributed by atoms with Crippen molar-refractivity contribution in [1.29, 1.82) is 0 Å². The number of unbranched alkanes of at least 4 members (excludes halogenated alkanes) is 1. The van der Waals surface area contributed by atoms with Crippen molar-refractivity contribution in [3.05, 3.63) is 0 Å². The van der Waals surface area contributed by atoms with E-state index < -0.39 is 17.7 Å². The maximum Gasteiger partial charge on any atom is 0.220 e. The zero-order chi connectivity index (χ0) is 22.0. The fourth-order valence-electron chi connectivity index (χ4n) is 0.976. The first kappa shape index (κ1) is 35.1. The molecule has 8 heteroatoms. The molecule has 0 fully saturated rings. The van der Waals surface area contributed by atoms with Gasteiger partial charge >= 0.3 is 0 Å². The summed E-state index contributed by atoms with van der Waals surface area (Å²) in [5, 5.41) is 2.69. The second-order valence-electron chi connectivity index (χ2n) is 4.10. The Labute approximate surface area is 159 Å². The maximum atomic E-state index is 10.9. The number of primary amides is 3. The Kier molecular flexibility index (Phi) is 46.2. The zero-order valence-electron chi connectivity index (χ0n) is 17.8. The minimum atomic E-state index is -0.496. The zero-order valence-corrected chi connectivity index (χ0v) is 17.8. The molecule has 0 atom stereocenters. The molecule has 0 saturated heterocycles. The van der Waals surface area contributed by atoms with E-state index in [1.807, 2.05) is 41.5 Å². The summed E-state index contributed by atoms with van der Waals surface area (Å²) in [6.45, 7) is 14.7. The lowest BCUT2D eigenvalue weighted by Crippen LogP contribution is -2.25. The highest BCUT2D eigenvalue weighted by molar-refractivity contribution is 5.82. The summed E-state index contributed by atoms with van der Waals surface area (Å²) in [6.07, 6.45) is 2.47. The van der Waals surface area contributed by atoms with Gasteiger partial charge in [0.15, 0.2) is 0 Å². The molecule has 4 amide bonds. The molecule has 0 radical (unpaired) electrons. The number of amides is 4. The molecular formula is C18H42N4O4. The maximum absolute atomic E-state index is 10.9. The number of nitrogens with one attached hydrogen (secondary N) is 1. The number of hydrogen-bond donors (Lipinski definition) is 4. The van der Waals surface area contributed by atoms with Gasteiger partial charge in [-0.15, -0.1) is 0 Å². The second-order valence-corrected chi connectivity index (χ2v) is 4.10. The Morgan fingerprint density at radius 3 is 1.23 bits per heavy atom. The topological polar surface area (TPSA) is 158 Å². The van der Waals surface area contributed by atoms with Gasteiger partial charge < -0.3 is 22.5 Å². The van der Waals surface area contributed by atoms with Crippen molar-refractivity contribution in [2.24, 2.45) is 17.2 Å². The van der Waals surface area contributed by atoms with Gasteiger partial charge in [-0.25, -0.2) is 0 Å². The van der Waals surface area contributed by atoms with Crippen molar-refractivity contribution in [2.75, 3.05) is 6.54 Å². The predicted octanol–water partition coefficient (Wildman–Crippen LogP) is 1.98. The third kappa shape index (κ3) is 57.5. The van der Waals surface area contributed by atoms with E-state index in [2.05, 4.69) is 12.2 Å². The summed E-state index contributed by atoms with van der Waals surface area (Å²) < 4.78 is 0. The second kappa shape index (κ2) is 34.3. The van der Waals surface area contributed by atoms with Crippen LogP contribution in [-0.2, 0) is 19.2 Å². The van der Waals surface area contributed by atoms with Crippen LogP contribution >= 0.6 is 0 Å². The molecule has 0 unspecified atom stereocenters. The number of hydrogen-bond acceptors (Lipinski definition) is 4. The Balaban J connectivity index is -0.0000000910. The first-order chi connectivity index (χ1) is 12.3. The molecule has 158 valence electrons. The molecule has 0 aliphatic heterocycles. The lowest BCUT2D eigenvalue weighted by atomic mass is 10.3. The van der Waals surface area contributed by atoms with Gasteiger partial charge in [-0.05, 0) is 6.42 Å². The molecule has 0 bridgehead atoms. The van der Waals surface area contributed by atoms with E-state index in [4.69, 9.17) is 17.2 Å². The van der Waals surface area contributed by atoms with Crippen molar-refractivity contribution in [2.45, 2.75) is 87.0 Å². The standard InChI is InChI=1S/C8H16N2O2.C4H8N2O2.3C2H6/c1-2-3-6-10-8(12)5-4-7(9)11;5-3(7)1-2-4(6)8;3*1-2/h2-6H2,1H3,(H2,9,11)(H,10,12);1-2H2,(H2,5,7)(H2,6,8);3*1-2H3. The Morgan fingerprint density at radius 1 is 0.654 bits per heavy atom. The van der Waals surface area contributed by atoms with Gasteiger partial charge in [-0.3, -0.25) is 19.2 Å². The van der Waals surface area contributed by atoms with Crippen LogP contribution in [0.25, 0.3) is 0 Å². The molecule has 0 aromatic carbocycles. The van der Waals surface area contributed by atoms with Gasteiger partial charge in [0.05, 0.1) is 0 Å². The van der Waals surface area contributed by atoms with Gasteiger partial charge in [0.25, 0.3) is 0 Å². The predicted molar refractivity (Wildman–Crippen MR) is 108 cm³/mol. The third-order valence-electron chi connectivity index (χ3n) is 2.07. The minimum absolute atomic E-state index is 0.0509. The summed E-state index contributed by atoms with van der Waals surface area (Å²) in [7, 11) is 0. The van der Waals surface area contributed by atoms with Gasteiger partial charge in [0.2, 0.25) is 23.6 Å². The van der Waals surface area contributed by atoms with Crippen LogP contribution in [0.2, 0.25) is 0 Å². The van der Waals surface area contributed by atoms with Gasteiger partial charge in [-0.1, -0.05) is 54.9 Å². The molecule has 8 nitrogen and oxygen atoms in total. The minimum Gasteiger partial charge on any atom is -0.370 e. The fraction of sp³-hybridized carbons (Fsp3) is 0.778. The first-order valence-corrected chi connectivity index (χ1v) is 9.41. The lowest BCUT2D eigenvalue weighted by Gasteiger charge is -2.01. The van der Waals surface area contributed by atoms with Crippen molar-refractivity contribution in [1.82, 2.24) is 5.32 Å². The highest BCUT2D eigenvalue weighted by Gasteiger charge is 2.02. The molecule has 7 N–H and O–H groups in total. The largest absolute Gasteiger partial charge is 0.370 e. The van der Waals surface area contributed by atoms with E-state index in [1.165, 1.54) is 0 Å². The van der Waals surface area contributed by atoms with Crippen LogP contribution in [0, 0.1) is 0 Å². The average molecular weight is 379 g/mol. The Morgan fingerprint density at radius 2 is 0.962 bits per heavy atom. The van der Waals surface area contributed by atoms with E-state index in [-0.39, 0.29) is 31.6 Å². The van der Waals surface area contributed by atoms with Crippen LogP contribution in [0.1, 0.15) is 87.0 Å². The van der Waals surface area contributed by atoms with E-state index in [9.17, 15) is 19.2 Å². The molecule has 0 aliphatic rings. The van der Waals surface area contributed by atoms with Crippen molar-refractivity contribution in [3.63, 3.8) is 0 Å². The summed E-state index contributed by atoms with van der Waals surface area (Å²) in [4.78, 5) is 41.0. The molecule has 0 aromatic rings. The molecule has 0 aromatic heterocycles. The van der Waals surface area contributed by atoms with Crippen LogP contribution in [0.3, 0.4) is 0 Å². The van der Waals surface area contributed by atoms with E-state index in [0.29, 0.717) is 6.54 Å². The number of carbonyl (C=O) groups is 4. The van der Waals surface area contributed by atoms with E-state index in [1.54, 1.807) is 0 Å². The van der Waals surface area contributed by atoms with Crippen LogP contribution in [0.4, 0.5) is 0 Å². The SMILES string of the molecule is CC.CC.CC.CCCCNC(=O)CCC(N)=O.NC(=O)CCC(N)=O. The Bertz CT molecular complexity index is 321. The summed E-state index contributed by atoms with van der Waals surface area (Å²) >= 11 is 0. The van der Waals surface area contributed by atoms with Gasteiger partial charge in [0, 0.05) is 32.2 Å². The fourth-order valence-corrected chi connectivity index (χ4v) is 0.976. The molecular weight excluding hydrogens is 336 g/mol. The highest BCUT2D eigenvalue weighted by Crippen LogP contribution is 1.88. The molecule has 0 aliphatic carbocycles. The molecule has 0 heterocycles. The summed E-state index contributed by atoms with van der Waals surface area (Å²) in [5.74, 6) is -1.52. The monoisotopic (exact) mass is 378 g/mol. The Hall–Kier alpha value is -2.12. The smallest absolute Gasteiger partial charge is 0.220 e. The lowest BCUT2D eigenvalue weighted by molar-refractivity contribution is -0.125. The van der Waals surface area contributed by atoms with E-state index >= 15 is 0 Å². The van der Waals surface area contributed by atoms with Crippen molar-refractivity contribution in [3.8, 4) is 0 Å². The molecule has 0 saturated carbocycles. The number of carbonyl (C=O) groups excluding carboxylic acids is 4. The summed E-state index contributed by atoms with van der Waals surface area (Å²) in [6, 6.07) is 0. The average Bonchev–Trinajstić information content (AvgIpc) is 2.64. The van der Waals surface area contributed by atoms with Crippen LogP contribution in [0.5, 0.6) is 0 Å². The highest BCUT2D eigenvalue weighted by atomic mass is 16.2.